The fourth-order valence-corrected chi connectivity index (χ4v) is 2.42. The smallest absolute Gasteiger partial charge is 0.404 e. The lowest BCUT2D eigenvalue weighted by Crippen LogP contribution is -2.42. The molecule has 128 valence electrons. The fraction of sp³-hybridized carbons (Fsp3) is 0.867. The van der Waals surface area contributed by atoms with E-state index in [0.717, 1.165) is 46.0 Å². The summed E-state index contributed by atoms with van der Waals surface area (Å²) >= 11 is 0. The van der Waals surface area contributed by atoms with Gasteiger partial charge in [-0.2, -0.15) is 13.2 Å². The first kappa shape index (κ1) is 18.8. The van der Waals surface area contributed by atoms with Gasteiger partial charge in [0.1, 0.15) is 5.60 Å². The molecule has 0 N–H and O–H groups in total. The van der Waals surface area contributed by atoms with Crippen molar-refractivity contribution >= 4 is 11.9 Å². The van der Waals surface area contributed by atoms with Crippen molar-refractivity contribution in [2.75, 3.05) is 6.61 Å². The second-order valence-corrected chi connectivity index (χ2v) is 6.27. The van der Waals surface area contributed by atoms with Crippen molar-refractivity contribution in [1.29, 1.82) is 0 Å². The molecule has 0 amide bonds. The molecule has 0 saturated heterocycles. The highest BCUT2D eigenvalue weighted by atomic mass is 19.4. The SMILES string of the molecule is CCC1(OC(=O)COC(=O)C(C)(C)C(F)(F)F)CCCCC1. The molecule has 7 heteroatoms. The number of carbonyl (C=O) groups excluding carboxylic acids is 2. The molecule has 1 aliphatic carbocycles. The minimum absolute atomic E-state index is 0.568. The van der Waals surface area contributed by atoms with E-state index in [1.165, 1.54) is 0 Å². The summed E-state index contributed by atoms with van der Waals surface area (Å²) in [7, 11) is 0. The van der Waals surface area contributed by atoms with Gasteiger partial charge in [-0.25, -0.2) is 4.79 Å². The van der Waals surface area contributed by atoms with Crippen LogP contribution in [-0.4, -0.2) is 30.3 Å². The summed E-state index contributed by atoms with van der Waals surface area (Å²) in [4.78, 5) is 23.3. The number of halogens is 3. The van der Waals surface area contributed by atoms with Crippen molar-refractivity contribution in [3.63, 3.8) is 0 Å². The Morgan fingerprint density at radius 3 is 2.09 bits per heavy atom. The van der Waals surface area contributed by atoms with Crippen molar-refractivity contribution in [2.24, 2.45) is 5.41 Å². The van der Waals surface area contributed by atoms with Gasteiger partial charge < -0.3 is 9.47 Å². The van der Waals surface area contributed by atoms with E-state index in [1.54, 1.807) is 0 Å². The largest absolute Gasteiger partial charge is 0.457 e. The predicted molar refractivity (Wildman–Crippen MR) is 73.0 cm³/mol. The molecule has 0 aromatic carbocycles. The second kappa shape index (κ2) is 6.87. The van der Waals surface area contributed by atoms with Crippen LogP contribution >= 0.6 is 0 Å². The zero-order chi connectivity index (χ0) is 17.0. The van der Waals surface area contributed by atoms with E-state index in [4.69, 9.17) is 4.74 Å². The Bertz CT molecular complexity index is 410. The van der Waals surface area contributed by atoms with Gasteiger partial charge in [0.25, 0.3) is 0 Å². The van der Waals surface area contributed by atoms with Crippen LogP contribution in [0.3, 0.4) is 0 Å². The second-order valence-electron chi connectivity index (χ2n) is 6.27. The maximum absolute atomic E-state index is 12.7. The first-order chi connectivity index (χ1) is 10.0. The molecule has 1 rings (SSSR count). The van der Waals surface area contributed by atoms with E-state index in [2.05, 4.69) is 4.74 Å². The van der Waals surface area contributed by atoms with Gasteiger partial charge in [-0.1, -0.05) is 13.3 Å². The fourth-order valence-electron chi connectivity index (χ4n) is 2.42. The summed E-state index contributed by atoms with van der Waals surface area (Å²) in [6.07, 6.45) is 0.343. The van der Waals surface area contributed by atoms with Gasteiger partial charge in [0.15, 0.2) is 12.0 Å². The lowest BCUT2D eigenvalue weighted by Gasteiger charge is -2.36. The minimum Gasteiger partial charge on any atom is -0.457 e. The molecule has 1 aliphatic rings. The van der Waals surface area contributed by atoms with Crippen LogP contribution in [0.5, 0.6) is 0 Å². The highest BCUT2D eigenvalue weighted by Crippen LogP contribution is 2.38. The third kappa shape index (κ3) is 4.36. The molecule has 0 aromatic rings. The Balaban J connectivity index is 2.54. The number of hydrogen-bond acceptors (Lipinski definition) is 4. The zero-order valence-electron chi connectivity index (χ0n) is 13.2. The molecule has 0 heterocycles. The van der Waals surface area contributed by atoms with Crippen LogP contribution in [0.4, 0.5) is 13.2 Å². The third-order valence-electron chi connectivity index (χ3n) is 4.28. The van der Waals surface area contributed by atoms with Crippen LogP contribution in [-0.2, 0) is 19.1 Å². The molecule has 1 saturated carbocycles. The van der Waals surface area contributed by atoms with Crippen LogP contribution in [0.25, 0.3) is 0 Å². The van der Waals surface area contributed by atoms with Crippen LogP contribution in [0.15, 0.2) is 0 Å². The van der Waals surface area contributed by atoms with Crippen LogP contribution in [0, 0.1) is 5.41 Å². The first-order valence-electron chi connectivity index (χ1n) is 7.50. The number of ether oxygens (including phenoxy) is 2. The Kier molecular flexibility index (Phi) is 5.87. The molecule has 0 aliphatic heterocycles. The van der Waals surface area contributed by atoms with Gasteiger partial charge in [0.2, 0.25) is 0 Å². The lowest BCUT2D eigenvalue weighted by molar-refractivity contribution is -0.226. The standard InChI is InChI=1S/C15H23F3O4/c1-4-14(8-6-5-7-9-14)22-11(19)10-21-12(20)13(2,3)15(16,17)18/h4-10H2,1-3H3. The topological polar surface area (TPSA) is 52.6 Å². The van der Waals surface area contributed by atoms with E-state index < -0.39 is 35.7 Å². The van der Waals surface area contributed by atoms with Crippen molar-refractivity contribution in [1.82, 2.24) is 0 Å². The average molecular weight is 324 g/mol. The Morgan fingerprint density at radius 1 is 1.09 bits per heavy atom. The summed E-state index contributed by atoms with van der Waals surface area (Å²) in [5.74, 6) is -2.28. The maximum Gasteiger partial charge on any atom is 0.404 e. The summed E-state index contributed by atoms with van der Waals surface area (Å²) in [6.45, 7) is 2.54. The van der Waals surface area contributed by atoms with Crippen molar-refractivity contribution < 1.29 is 32.2 Å². The van der Waals surface area contributed by atoms with Crippen LogP contribution in [0.1, 0.15) is 59.3 Å². The molecule has 0 spiro atoms. The van der Waals surface area contributed by atoms with Gasteiger partial charge in [-0.15, -0.1) is 0 Å². The highest BCUT2D eigenvalue weighted by Gasteiger charge is 2.54. The summed E-state index contributed by atoms with van der Waals surface area (Å²) in [6, 6.07) is 0. The predicted octanol–water partition coefficient (Wildman–Crippen LogP) is 3.77. The van der Waals surface area contributed by atoms with E-state index in [-0.39, 0.29) is 0 Å². The third-order valence-corrected chi connectivity index (χ3v) is 4.28. The van der Waals surface area contributed by atoms with Crippen molar-refractivity contribution in [3.8, 4) is 0 Å². The summed E-state index contributed by atoms with van der Waals surface area (Å²) in [5, 5.41) is 0. The monoisotopic (exact) mass is 324 g/mol. The summed E-state index contributed by atoms with van der Waals surface area (Å²) < 4.78 is 47.9. The maximum atomic E-state index is 12.7. The number of rotatable bonds is 5. The number of hydrogen-bond donors (Lipinski definition) is 0. The molecular formula is C15H23F3O4. The first-order valence-corrected chi connectivity index (χ1v) is 7.50. The molecule has 0 atom stereocenters. The molecule has 0 bridgehead atoms. The Labute approximate surface area is 128 Å². The molecular weight excluding hydrogens is 301 g/mol. The number of carbonyl (C=O) groups is 2. The quantitative estimate of drug-likeness (QED) is 0.722. The average Bonchev–Trinajstić information content (AvgIpc) is 2.44. The van der Waals surface area contributed by atoms with Gasteiger partial charge >= 0.3 is 18.1 Å². The summed E-state index contributed by atoms with van der Waals surface area (Å²) in [5.41, 5.74) is -3.22. The molecule has 0 unspecified atom stereocenters. The normalized spacial score (nSPS) is 18.6. The Hall–Kier alpha value is -1.27. The van der Waals surface area contributed by atoms with E-state index in [0.29, 0.717) is 6.42 Å². The van der Waals surface area contributed by atoms with Crippen LogP contribution in [0.2, 0.25) is 0 Å². The van der Waals surface area contributed by atoms with Crippen molar-refractivity contribution in [3.05, 3.63) is 0 Å². The Morgan fingerprint density at radius 2 is 1.64 bits per heavy atom. The minimum atomic E-state index is -4.73. The van der Waals surface area contributed by atoms with Gasteiger partial charge in [-0.05, 0) is 46.0 Å². The molecule has 0 radical (unpaired) electrons. The molecule has 0 aromatic heterocycles. The molecule has 1 fully saturated rings. The number of esters is 2. The molecule has 22 heavy (non-hydrogen) atoms. The van der Waals surface area contributed by atoms with Gasteiger partial charge in [0.05, 0.1) is 0 Å². The molecule has 4 nitrogen and oxygen atoms in total. The number of alkyl halides is 3. The van der Waals surface area contributed by atoms with E-state index >= 15 is 0 Å². The lowest BCUT2D eigenvalue weighted by atomic mass is 9.83. The van der Waals surface area contributed by atoms with Gasteiger partial charge in [0, 0.05) is 0 Å². The van der Waals surface area contributed by atoms with Gasteiger partial charge in [-0.3, -0.25) is 4.79 Å². The zero-order valence-corrected chi connectivity index (χ0v) is 13.2. The van der Waals surface area contributed by atoms with Crippen molar-refractivity contribution in [2.45, 2.75) is 71.1 Å². The van der Waals surface area contributed by atoms with E-state index in [9.17, 15) is 22.8 Å². The highest BCUT2D eigenvalue weighted by molar-refractivity contribution is 5.80. The van der Waals surface area contributed by atoms with E-state index in [1.807, 2.05) is 6.92 Å². The van der Waals surface area contributed by atoms with Crippen LogP contribution < -0.4 is 0 Å².